The molecule has 3 rings (SSSR count). The summed E-state index contributed by atoms with van der Waals surface area (Å²) >= 11 is 0. The molecule has 0 fully saturated rings. The van der Waals surface area contributed by atoms with Crippen LogP contribution in [0.5, 0.6) is 5.75 Å². The van der Waals surface area contributed by atoms with Crippen LogP contribution in [0.25, 0.3) is 0 Å². The Kier molecular flexibility index (Phi) is 4.20. The lowest BCUT2D eigenvalue weighted by molar-refractivity contribution is 0.228. The molecule has 3 heteroatoms. The first kappa shape index (κ1) is 14.1. The van der Waals surface area contributed by atoms with Crippen LogP contribution in [-0.4, -0.2) is 19.2 Å². The molecule has 1 aliphatic rings. The number of nitrogens with one attached hydrogen (secondary N) is 1. The molecule has 21 heavy (non-hydrogen) atoms. The van der Waals surface area contributed by atoms with Crippen LogP contribution in [0.15, 0.2) is 42.5 Å². The first-order valence-electron chi connectivity index (χ1n) is 7.42. The molecule has 1 aliphatic heterocycles. The van der Waals surface area contributed by atoms with Gasteiger partial charge in [-0.1, -0.05) is 24.3 Å². The molecule has 2 aromatic carbocycles. The van der Waals surface area contributed by atoms with Crippen LogP contribution in [0.2, 0.25) is 0 Å². The Balaban J connectivity index is 1.43. The summed E-state index contributed by atoms with van der Waals surface area (Å²) in [5.74, 6) is 0.847. The average molecular weight is 285 g/mol. The summed E-state index contributed by atoms with van der Waals surface area (Å²) in [4.78, 5) is 0. The summed E-state index contributed by atoms with van der Waals surface area (Å²) in [6.07, 6.45) is 2.10. The van der Waals surface area contributed by atoms with E-state index in [4.69, 9.17) is 4.74 Å². The third-order valence-corrected chi connectivity index (χ3v) is 3.96. The van der Waals surface area contributed by atoms with Gasteiger partial charge in [0.1, 0.15) is 17.7 Å². The van der Waals surface area contributed by atoms with Crippen LogP contribution >= 0.6 is 0 Å². The zero-order valence-corrected chi connectivity index (χ0v) is 12.2. The van der Waals surface area contributed by atoms with Crippen LogP contribution in [-0.2, 0) is 12.8 Å². The van der Waals surface area contributed by atoms with Crippen molar-refractivity contribution in [3.8, 4) is 5.75 Å². The molecule has 0 aromatic heterocycles. The summed E-state index contributed by atoms with van der Waals surface area (Å²) in [7, 11) is 0. The van der Waals surface area contributed by atoms with Crippen molar-refractivity contribution < 1.29 is 9.13 Å². The minimum absolute atomic E-state index is 0.165. The topological polar surface area (TPSA) is 21.3 Å². The summed E-state index contributed by atoms with van der Waals surface area (Å²) in [5, 5.41) is 3.43. The Bertz CT molecular complexity index is 601. The number of aryl methyl sites for hydroxylation is 1. The number of hydrogen-bond acceptors (Lipinski definition) is 2. The lowest BCUT2D eigenvalue weighted by Gasteiger charge is -2.12. The highest BCUT2D eigenvalue weighted by molar-refractivity contribution is 5.37. The van der Waals surface area contributed by atoms with Gasteiger partial charge in [0.25, 0.3) is 0 Å². The van der Waals surface area contributed by atoms with E-state index in [2.05, 4.69) is 17.4 Å². The van der Waals surface area contributed by atoms with E-state index in [0.29, 0.717) is 0 Å². The maximum Gasteiger partial charge on any atom is 0.123 e. The molecule has 1 N–H and O–H groups in total. The molecule has 1 atom stereocenters. The van der Waals surface area contributed by atoms with Gasteiger partial charge >= 0.3 is 0 Å². The quantitative estimate of drug-likeness (QED) is 0.851. The van der Waals surface area contributed by atoms with Crippen molar-refractivity contribution in [2.45, 2.75) is 25.9 Å². The number of rotatable bonds is 5. The highest BCUT2D eigenvalue weighted by Crippen LogP contribution is 2.27. The van der Waals surface area contributed by atoms with Gasteiger partial charge in [0.05, 0.1) is 0 Å². The highest BCUT2D eigenvalue weighted by Gasteiger charge is 2.21. The van der Waals surface area contributed by atoms with E-state index in [1.165, 1.54) is 17.2 Å². The molecule has 0 spiro atoms. The molecule has 0 radical (unpaired) electrons. The SMILES string of the molecule is Cc1cc(F)ccc1CCNCC1Cc2ccccc2O1. The molecule has 2 nitrogen and oxygen atoms in total. The van der Waals surface area contributed by atoms with Gasteiger partial charge in [0.2, 0.25) is 0 Å². The number of para-hydroxylation sites is 1. The Labute approximate surface area is 125 Å². The summed E-state index contributed by atoms with van der Waals surface area (Å²) < 4.78 is 18.9. The van der Waals surface area contributed by atoms with E-state index in [-0.39, 0.29) is 11.9 Å². The second kappa shape index (κ2) is 6.27. The Morgan fingerprint density at radius 2 is 2.10 bits per heavy atom. The molecule has 0 bridgehead atoms. The first-order valence-corrected chi connectivity index (χ1v) is 7.42. The lowest BCUT2D eigenvalue weighted by atomic mass is 10.1. The molecular weight excluding hydrogens is 265 g/mol. The maximum atomic E-state index is 13.0. The first-order chi connectivity index (χ1) is 10.2. The van der Waals surface area contributed by atoms with E-state index in [0.717, 1.165) is 37.2 Å². The van der Waals surface area contributed by atoms with Crippen LogP contribution in [0.4, 0.5) is 4.39 Å². The second-order valence-corrected chi connectivity index (χ2v) is 5.58. The largest absolute Gasteiger partial charge is 0.488 e. The molecule has 2 aromatic rings. The van der Waals surface area contributed by atoms with Crippen LogP contribution in [0.1, 0.15) is 16.7 Å². The molecule has 1 unspecified atom stereocenters. The van der Waals surface area contributed by atoms with Crippen molar-refractivity contribution >= 4 is 0 Å². The minimum Gasteiger partial charge on any atom is -0.488 e. The van der Waals surface area contributed by atoms with Gasteiger partial charge in [0, 0.05) is 13.0 Å². The van der Waals surface area contributed by atoms with Gasteiger partial charge in [-0.15, -0.1) is 0 Å². The van der Waals surface area contributed by atoms with Crippen LogP contribution in [0, 0.1) is 12.7 Å². The van der Waals surface area contributed by atoms with E-state index in [1.807, 2.05) is 25.1 Å². The zero-order valence-electron chi connectivity index (χ0n) is 12.2. The van der Waals surface area contributed by atoms with Crippen molar-refractivity contribution in [1.82, 2.24) is 5.32 Å². The molecular formula is C18H20FNO. The number of benzene rings is 2. The highest BCUT2D eigenvalue weighted by atomic mass is 19.1. The third kappa shape index (κ3) is 3.42. The molecule has 0 amide bonds. The molecule has 0 saturated heterocycles. The molecule has 0 aliphatic carbocycles. The van der Waals surface area contributed by atoms with E-state index in [1.54, 1.807) is 6.07 Å². The van der Waals surface area contributed by atoms with E-state index in [9.17, 15) is 4.39 Å². The fourth-order valence-electron chi connectivity index (χ4n) is 2.79. The van der Waals surface area contributed by atoms with E-state index < -0.39 is 0 Å². The number of ether oxygens (including phenoxy) is 1. The maximum absolute atomic E-state index is 13.0. The minimum atomic E-state index is -0.165. The van der Waals surface area contributed by atoms with Gasteiger partial charge in [-0.3, -0.25) is 0 Å². The normalized spacial score (nSPS) is 16.6. The second-order valence-electron chi connectivity index (χ2n) is 5.58. The lowest BCUT2D eigenvalue weighted by Crippen LogP contribution is -2.31. The van der Waals surface area contributed by atoms with E-state index >= 15 is 0 Å². The number of hydrogen-bond donors (Lipinski definition) is 1. The smallest absolute Gasteiger partial charge is 0.123 e. The van der Waals surface area contributed by atoms with Crippen molar-refractivity contribution in [1.29, 1.82) is 0 Å². The monoisotopic (exact) mass is 285 g/mol. The van der Waals surface area contributed by atoms with Crippen molar-refractivity contribution in [3.63, 3.8) is 0 Å². The van der Waals surface area contributed by atoms with Gasteiger partial charge in [0.15, 0.2) is 0 Å². The summed E-state index contributed by atoms with van der Waals surface area (Å²) in [5.41, 5.74) is 3.50. The molecule has 1 heterocycles. The summed E-state index contributed by atoms with van der Waals surface area (Å²) in [6.45, 7) is 3.67. The molecule has 110 valence electrons. The van der Waals surface area contributed by atoms with Gasteiger partial charge in [-0.2, -0.15) is 0 Å². The zero-order chi connectivity index (χ0) is 14.7. The van der Waals surface area contributed by atoms with Gasteiger partial charge in [-0.25, -0.2) is 4.39 Å². The Hall–Kier alpha value is -1.87. The Morgan fingerprint density at radius 3 is 2.90 bits per heavy atom. The number of fused-ring (bicyclic) bond motifs is 1. The van der Waals surface area contributed by atoms with Crippen LogP contribution < -0.4 is 10.1 Å². The fraction of sp³-hybridized carbons (Fsp3) is 0.333. The summed E-state index contributed by atoms with van der Waals surface area (Å²) in [6, 6.07) is 13.2. The predicted octanol–water partition coefficient (Wildman–Crippen LogP) is 3.27. The van der Waals surface area contributed by atoms with Crippen LogP contribution in [0.3, 0.4) is 0 Å². The van der Waals surface area contributed by atoms with Crippen molar-refractivity contribution in [3.05, 3.63) is 65.0 Å². The molecule has 0 saturated carbocycles. The predicted molar refractivity (Wildman–Crippen MR) is 82.3 cm³/mol. The average Bonchev–Trinajstić information content (AvgIpc) is 2.88. The van der Waals surface area contributed by atoms with Crippen molar-refractivity contribution in [2.75, 3.05) is 13.1 Å². The Morgan fingerprint density at radius 1 is 1.24 bits per heavy atom. The third-order valence-electron chi connectivity index (χ3n) is 3.96. The standard InChI is InChI=1S/C18H20FNO/c1-13-10-16(19)7-6-14(13)8-9-20-12-17-11-15-4-2-3-5-18(15)21-17/h2-7,10,17,20H,8-9,11-12H2,1H3. The van der Waals surface area contributed by atoms with Crippen molar-refractivity contribution in [2.24, 2.45) is 0 Å². The van der Waals surface area contributed by atoms with Gasteiger partial charge < -0.3 is 10.1 Å². The number of halogens is 1. The van der Waals surface area contributed by atoms with Gasteiger partial charge in [-0.05, 0) is 54.8 Å². The fourth-order valence-corrected chi connectivity index (χ4v) is 2.79.